The van der Waals surface area contributed by atoms with E-state index in [2.05, 4.69) is 10.6 Å². The molecule has 0 amide bonds. The second-order valence-corrected chi connectivity index (χ2v) is 4.54. The topological polar surface area (TPSA) is 46.2 Å². The lowest BCUT2D eigenvalue weighted by Crippen LogP contribution is -2.31. The van der Waals surface area contributed by atoms with Crippen molar-refractivity contribution in [3.8, 4) is 12.3 Å². The highest BCUT2D eigenvalue weighted by molar-refractivity contribution is 7.89. The molecule has 0 aromatic heterocycles. The molecule has 0 heterocycles. The summed E-state index contributed by atoms with van der Waals surface area (Å²) in [4.78, 5) is 0.224. The molecule has 0 aliphatic rings. The number of nitrogens with one attached hydrogen (secondary N) is 1. The molecule has 1 N–H and O–H groups in total. The molecule has 74 valence electrons. The molecular weight excluding hydrogens is 198 g/mol. The average molecular weight is 209 g/mol. The van der Waals surface area contributed by atoms with E-state index in [1.165, 1.54) is 12.1 Å². The van der Waals surface area contributed by atoms with Gasteiger partial charge < -0.3 is 0 Å². The Morgan fingerprint density at radius 1 is 1.36 bits per heavy atom. The van der Waals surface area contributed by atoms with Crippen molar-refractivity contribution in [3.05, 3.63) is 30.3 Å². The van der Waals surface area contributed by atoms with Gasteiger partial charge in [0.05, 0.1) is 10.9 Å². The minimum Gasteiger partial charge on any atom is -0.207 e. The third-order valence-electron chi connectivity index (χ3n) is 1.64. The van der Waals surface area contributed by atoms with Gasteiger partial charge in [-0.3, -0.25) is 0 Å². The van der Waals surface area contributed by atoms with Crippen molar-refractivity contribution in [3.63, 3.8) is 0 Å². The van der Waals surface area contributed by atoms with Crippen LogP contribution in [0.2, 0.25) is 0 Å². The van der Waals surface area contributed by atoms with Gasteiger partial charge in [-0.15, -0.1) is 6.42 Å². The minimum atomic E-state index is -3.46. The summed E-state index contributed by atoms with van der Waals surface area (Å²) in [6, 6.07) is 7.62. The van der Waals surface area contributed by atoms with E-state index in [1.807, 2.05) is 0 Å². The fraction of sp³-hybridized carbons (Fsp3) is 0.200. The SMILES string of the molecule is C#CC(C)NS(=O)(=O)c1ccccc1. The van der Waals surface area contributed by atoms with Crippen LogP contribution in [0.3, 0.4) is 0 Å². The average Bonchev–Trinajstić information content (AvgIpc) is 2.18. The van der Waals surface area contributed by atoms with E-state index in [-0.39, 0.29) is 4.90 Å². The maximum Gasteiger partial charge on any atom is 0.241 e. The Morgan fingerprint density at radius 2 is 1.93 bits per heavy atom. The van der Waals surface area contributed by atoms with Crippen molar-refractivity contribution >= 4 is 10.0 Å². The van der Waals surface area contributed by atoms with E-state index in [0.29, 0.717) is 0 Å². The first-order valence-corrected chi connectivity index (χ1v) is 5.58. The molecule has 1 aromatic rings. The van der Waals surface area contributed by atoms with Crippen LogP contribution in [0, 0.1) is 12.3 Å². The maximum atomic E-state index is 11.6. The highest BCUT2D eigenvalue weighted by atomic mass is 32.2. The van der Waals surface area contributed by atoms with Crippen LogP contribution in [0.4, 0.5) is 0 Å². The predicted molar refractivity (Wildman–Crippen MR) is 55.1 cm³/mol. The lowest BCUT2D eigenvalue weighted by atomic mass is 10.4. The smallest absolute Gasteiger partial charge is 0.207 e. The van der Waals surface area contributed by atoms with Crippen molar-refractivity contribution in [2.24, 2.45) is 0 Å². The Morgan fingerprint density at radius 3 is 2.43 bits per heavy atom. The van der Waals surface area contributed by atoms with Crippen LogP contribution in [0.5, 0.6) is 0 Å². The standard InChI is InChI=1S/C10H11NO2S/c1-3-9(2)11-14(12,13)10-7-5-4-6-8-10/h1,4-9,11H,2H3. The van der Waals surface area contributed by atoms with Gasteiger partial charge in [-0.2, -0.15) is 4.72 Å². The summed E-state index contributed by atoms with van der Waals surface area (Å²) in [6.45, 7) is 1.61. The highest BCUT2D eigenvalue weighted by Gasteiger charge is 2.14. The van der Waals surface area contributed by atoms with Gasteiger partial charge in [0, 0.05) is 0 Å². The molecule has 0 spiro atoms. The predicted octanol–water partition coefficient (Wildman–Crippen LogP) is 0.987. The Bertz CT molecular complexity index is 431. The van der Waals surface area contributed by atoms with E-state index in [4.69, 9.17) is 6.42 Å². The summed E-state index contributed by atoms with van der Waals surface area (Å²) in [5, 5.41) is 0. The summed E-state index contributed by atoms with van der Waals surface area (Å²) in [7, 11) is -3.46. The van der Waals surface area contributed by atoms with Crippen LogP contribution in [0.1, 0.15) is 6.92 Å². The number of sulfonamides is 1. The number of hydrogen-bond acceptors (Lipinski definition) is 2. The summed E-state index contributed by atoms with van der Waals surface area (Å²) in [5.74, 6) is 2.30. The molecule has 14 heavy (non-hydrogen) atoms. The Balaban J connectivity index is 2.94. The van der Waals surface area contributed by atoms with E-state index < -0.39 is 16.1 Å². The van der Waals surface area contributed by atoms with E-state index in [0.717, 1.165) is 0 Å². The molecular formula is C10H11NO2S. The van der Waals surface area contributed by atoms with Crippen LogP contribution < -0.4 is 4.72 Å². The lowest BCUT2D eigenvalue weighted by molar-refractivity contribution is 0.577. The van der Waals surface area contributed by atoms with Gasteiger partial charge >= 0.3 is 0 Å². The fourth-order valence-corrected chi connectivity index (χ4v) is 2.12. The zero-order chi connectivity index (χ0) is 10.6. The second-order valence-electron chi connectivity index (χ2n) is 2.82. The third kappa shape index (κ3) is 2.59. The van der Waals surface area contributed by atoms with Crippen LogP contribution >= 0.6 is 0 Å². The van der Waals surface area contributed by atoms with Gasteiger partial charge in [0.25, 0.3) is 0 Å². The zero-order valence-corrected chi connectivity index (χ0v) is 8.58. The first-order valence-electron chi connectivity index (χ1n) is 4.10. The first kappa shape index (κ1) is 10.8. The number of hydrogen-bond donors (Lipinski definition) is 1. The largest absolute Gasteiger partial charge is 0.241 e. The molecule has 3 nitrogen and oxygen atoms in total. The molecule has 4 heteroatoms. The Labute approximate surface area is 84.2 Å². The van der Waals surface area contributed by atoms with Gasteiger partial charge in [0.2, 0.25) is 10.0 Å². The molecule has 0 saturated carbocycles. The molecule has 0 radical (unpaired) electrons. The van der Waals surface area contributed by atoms with E-state index >= 15 is 0 Å². The van der Waals surface area contributed by atoms with Gasteiger partial charge in [-0.05, 0) is 19.1 Å². The molecule has 1 aromatic carbocycles. The maximum absolute atomic E-state index is 11.6. The third-order valence-corrected chi connectivity index (χ3v) is 3.19. The molecule has 1 rings (SSSR count). The normalized spacial score (nSPS) is 13.1. The summed E-state index contributed by atoms with van der Waals surface area (Å²) >= 11 is 0. The van der Waals surface area contributed by atoms with Crippen molar-refractivity contribution < 1.29 is 8.42 Å². The monoisotopic (exact) mass is 209 g/mol. The summed E-state index contributed by atoms with van der Waals surface area (Å²) in [5.41, 5.74) is 0. The molecule has 0 aliphatic carbocycles. The van der Waals surface area contributed by atoms with Crippen LogP contribution in [-0.4, -0.2) is 14.5 Å². The second kappa shape index (κ2) is 4.27. The minimum absolute atomic E-state index is 0.224. The summed E-state index contributed by atoms with van der Waals surface area (Å²) in [6.07, 6.45) is 5.08. The number of rotatable bonds is 3. The molecule has 1 atom stereocenters. The van der Waals surface area contributed by atoms with Crippen LogP contribution in [-0.2, 0) is 10.0 Å². The van der Waals surface area contributed by atoms with Gasteiger partial charge in [0.15, 0.2) is 0 Å². The quantitative estimate of drug-likeness (QED) is 0.754. The number of benzene rings is 1. The van der Waals surface area contributed by atoms with Crippen molar-refractivity contribution in [1.82, 2.24) is 4.72 Å². The number of terminal acetylenes is 1. The van der Waals surface area contributed by atoms with Gasteiger partial charge in [0.1, 0.15) is 0 Å². The molecule has 0 fully saturated rings. The van der Waals surface area contributed by atoms with Crippen molar-refractivity contribution in [2.75, 3.05) is 0 Å². The molecule has 0 aliphatic heterocycles. The molecule has 1 unspecified atom stereocenters. The van der Waals surface area contributed by atoms with Crippen molar-refractivity contribution in [1.29, 1.82) is 0 Å². The highest BCUT2D eigenvalue weighted by Crippen LogP contribution is 2.07. The Hall–Kier alpha value is -1.31. The van der Waals surface area contributed by atoms with Gasteiger partial charge in [-0.1, -0.05) is 24.1 Å². The first-order chi connectivity index (χ1) is 6.56. The fourth-order valence-electron chi connectivity index (χ4n) is 0.934. The zero-order valence-electron chi connectivity index (χ0n) is 7.77. The van der Waals surface area contributed by atoms with Crippen molar-refractivity contribution in [2.45, 2.75) is 17.9 Å². The van der Waals surface area contributed by atoms with Crippen LogP contribution in [0.15, 0.2) is 35.2 Å². The van der Waals surface area contributed by atoms with E-state index in [1.54, 1.807) is 25.1 Å². The van der Waals surface area contributed by atoms with E-state index in [9.17, 15) is 8.42 Å². The Kier molecular flexibility index (Phi) is 3.28. The molecule has 0 saturated heterocycles. The van der Waals surface area contributed by atoms with Gasteiger partial charge in [-0.25, -0.2) is 8.42 Å². The molecule has 0 bridgehead atoms. The summed E-state index contributed by atoms with van der Waals surface area (Å²) < 4.78 is 25.5. The lowest BCUT2D eigenvalue weighted by Gasteiger charge is -2.08. The van der Waals surface area contributed by atoms with Crippen LogP contribution in [0.25, 0.3) is 0 Å².